The van der Waals surface area contributed by atoms with Crippen molar-refractivity contribution < 1.29 is 9.18 Å². The molecule has 2 aliphatic rings. The highest BCUT2D eigenvalue weighted by molar-refractivity contribution is 5.73. The Morgan fingerprint density at radius 1 is 1.26 bits per heavy atom. The quantitative estimate of drug-likeness (QED) is 0.906. The van der Waals surface area contributed by atoms with Crippen LogP contribution in [0.3, 0.4) is 0 Å². The molecule has 0 aliphatic carbocycles. The lowest BCUT2D eigenvalue weighted by Crippen LogP contribution is -2.56. The van der Waals surface area contributed by atoms with Crippen LogP contribution in [0.25, 0.3) is 5.57 Å². The van der Waals surface area contributed by atoms with Crippen LogP contribution in [-0.2, 0) is 4.79 Å². The molecular weight excluding hydrogens is 293 g/mol. The number of rotatable bonds is 2. The first-order valence-electron chi connectivity index (χ1n) is 8.23. The molecule has 1 aromatic carbocycles. The molecule has 1 atom stereocenters. The molecule has 124 valence electrons. The van der Waals surface area contributed by atoms with Gasteiger partial charge in [-0.1, -0.05) is 12.1 Å². The number of carbonyl (C=O) groups is 1. The number of nitrogens with zero attached hydrogens (tertiary/aromatic N) is 2. The third-order valence-corrected chi connectivity index (χ3v) is 4.84. The van der Waals surface area contributed by atoms with Gasteiger partial charge in [0.25, 0.3) is 0 Å². The Morgan fingerprint density at radius 2 is 2.00 bits per heavy atom. The lowest BCUT2D eigenvalue weighted by atomic mass is 9.96. The number of benzene rings is 1. The summed E-state index contributed by atoms with van der Waals surface area (Å²) in [5.41, 5.74) is 3.07. The number of piperazine rings is 1. The summed E-state index contributed by atoms with van der Waals surface area (Å²) in [6, 6.07) is 5.34. The van der Waals surface area contributed by atoms with Gasteiger partial charge in [-0.05, 0) is 35.8 Å². The minimum atomic E-state index is -0.153. The molecule has 0 radical (unpaired) electrons. The largest absolute Gasteiger partial charge is 0.340 e. The summed E-state index contributed by atoms with van der Waals surface area (Å²) in [6.45, 7) is 7.64. The van der Waals surface area contributed by atoms with E-state index < -0.39 is 0 Å². The average molecular weight is 317 g/mol. The molecule has 1 N–H and O–H groups in total. The van der Waals surface area contributed by atoms with E-state index >= 15 is 0 Å². The second kappa shape index (κ2) is 6.81. The van der Waals surface area contributed by atoms with Crippen LogP contribution in [0.2, 0.25) is 0 Å². The third kappa shape index (κ3) is 3.62. The zero-order valence-corrected chi connectivity index (χ0v) is 13.8. The molecule has 23 heavy (non-hydrogen) atoms. The van der Waals surface area contributed by atoms with E-state index in [9.17, 15) is 9.18 Å². The van der Waals surface area contributed by atoms with Crippen molar-refractivity contribution in [3.8, 4) is 0 Å². The van der Waals surface area contributed by atoms with E-state index in [4.69, 9.17) is 0 Å². The first kappa shape index (κ1) is 16.1. The minimum absolute atomic E-state index is 0.153. The SMILES string of the molecule is CC(=O)N1CCN(C2CC(c3ccc(F)c(C)c3)=CCN2)CC1. The van der Waals surface area contributed by atoms with E-state index in [1.807, 2.05) is 17.0 Å². The zero-order chi connectivity index (χ0) is 16.4. The first-order chi connectivity index (χ1) is 11.0. The van der Waals surface area contributed by atoms with Crippen molar-refractivity contribution in [1.82, 2.24) is 15.1 Å². The molecule has 1 aromatic rings. The Morgan fingerprint density at radius 3 is 2.65 bits per heavy atom. The Hall–Kier alpha value is -1.72. The van der Waals surface area contributed by atoms with Crippen LogP contribution in [0.4, 0.5) is 4.39 Å². The lowest BCUT2D eigenvalue weighted by Gasteiger charge is -2.40. The topological polar surface area (TPSA) is 35.6 Å². The maximum Gasteiger partial charge on any atom is 0.219 e. The van der Waals surface area contributed by atoms with Crippen molar-refractivity contribution in [2.45, 2.75) is 26.4 Å². The molecule has 4 nitrogen and oxygen atoms in total. The van der Waals surface area contributed by atoms with Crippen LogP contribution in [0.1, 0.15) is 24.5 Å². The summed E-state index contributed by atoms with van der Waals surface area (Å²) in [4.78, 5) is 15.7. The van der Waals surface area contributed by atoms with Gasteiger partial charge in [0.1, 0.15) is 5.82 Å². The van der Waals surface area contributed by atoms with Crippen LogP contribution >= 0.6 is 0 Å². The van der Waals surface area contributed by atoms with E-state index in [1.54, 1.807) is 19.9 Å². The molecule has 0 saturated carbocycles. The van der Waals surface area contributed by atoms with Crippen LogP contribution in [-0.4, -0.2) is 54.6 Å². The van der Waals surface area contributed by atoms with Crippen molar-refractivity contribution >= 4 is 11.5 Å². The summed E-state index contributed by atoms with van der Waals surface area (Å²) in [6.07, 6.45) is 3.38. The Balaban J connectivity index is 1.65. The van der Waals surface area contributed by atoms with Gasteiger partial charge in [-0.15, -0.1) is 0 Å². The monoisotopic (exact) mass is 317 g/mol. The summed E-state index contributed by atoms with van der Waals surface area (Å²) in [5.74, 6) is 0.00353. The normalized spacial score (nSPS) is 22.8. The molecule has 2 heterocycles. The maximum absolute atomic E-state index is 13.5. The predicted molar refractivity (Wildman–Crippen MR) is 89.3 cm³/mol. The summed E-state index contributed by atoms with van der Waals surface area (Å²) in [7, 11) is 0. The molecule has 0 aromatic heterocycles. The second-order valence-electron chi connectivity index (χ2n) is 6.36. The van der Waals surface area contributed by atoms with Gasteiger partial charge in [0.2, 0.25) is 5.91 Å². The zero-order valence-electron chi connectivity index (χ0n) is 13.8. The van der Waals surface area contributed by atoms with Crippen LogP contribution < -0.4 is 5.32 Å². The second-order valence-corrected chi connectivity index (χ2v) is 6.36. The average Bonchev–Trinajstić information content (AvgIpc) is 2.57. The molecule has 0 bridgehead atoms. The highest BCUT2D eigenvalue weighted by Gasteiger charge is 2.26. The van der Waals surface area contributed by atoms with Gasteiger partial charge in [0.05, 0.1) is 6.17 Å². The fourth-order valence-electron chi connectivity index (χ4n) is 3.37. The van der Waals surface area contributed by atoms with Crippen molar-refractivity contribution in [3.63, 3.8) is 0 Å². The van der Waals surface area contributed by atoms with E-state index in [-0.39, 0.29) is 17.9 Å². The van der Waals surface area contributed by atoms with Crippen molar-refractivity contribution in [2.75, 3.05) is 32.7 Å². The number of amides is 1. The fraction of sp³-hybridized carbons (Fsp3) is 0.500. The molecule has 1 fully saturated rings. The highest BCUT2D eigenvalue weighted by atomic mass is 19.1. The number of aryl methyl sites for hydroxylation is 1. The van der Waals surface area contributed by atoms with Gasteiger partial charge in [-0.2, -0.15) is 0 Å². The van der Waals surface area contributed by atoms with Gasteiger partial charge in [-0.3, -0.25) is 15.0 Å². The van der Waals surface area contributed by atoms with Crippen LogP contribution in [0.5, 0.6) is 0 Å². The summed E-state index contributed by atoms with van der Waals surface area (Å²) < 4.78 is 13.5. The standard InChI is InChI=1S/C18H24FN3O/c1-13-11-15(3-4-17(13)19)16-5-6-20-18(12-16)22-9-7-21(8-10-22)14(2)23/h3-5,11,18,20H,6-10,12H2,1-2H3. The van der Waals surface area contributed by atoms with E-state index in [0.29, 0.717) is 5.56 Å². The number of nitrogens with one attached hydrogen (secondary N) is 1. The smallest absolute Gasteiger partial charge is 0.219 e. The Labute approximate surface area is 137 Å². The molecule has 5 heteroatoms. The number of hydrogen-bond donors (Lipinski definition) is 1. The number of halogens is 1. The lowest BCUT2D eigenvalue weighted by molar-refractivity contribution is -0.131. The van der Waals surface area contributed by atoms with Crippen molar-refractivity contribution in [1.29, 1.82) is 0 Å². The number of hydrogen-bond acceptors (Lipinski definition) is 3. The van der Waals surface area contributed by atoms with Crippen LogP contribution in [0, 0.1) is 12.7 Å². The Kier molecular flexibility index (Phi) is 4.78. The van der Waals surface area contributed by atoms with Crippen molar-refractivity contribution in [2.24, 2.45) is 0 Å². The first-order valence-corrected chi connectivity index (χ1v) is 8.23. The van der Waals surface area contributed by atoms with E-state index in [0.717, 1.165) is 44.7 Å². The molecule has 2 aliphatic heterocycles. The minimum Gasteiger partial charge on any atom is -0.340 e. The van der Waals surface area contributed by atoms with Crippen LogP contribution in [0.15, 0.2) is 24.3 Å². The number of carbonyl (C=O) groups excluding carboxylic acids is 1. The molecule has 1 saturated heterocycles. The predicted octanol–water partition coefficient (Wildman–Crippen LogP) is 2.00. The van der Waals surface area contributed by atoms with Crippen molar-refractivity contribution in [3.05, 3.63) is 41.2 Å². The van der Waals surface area contributed by atoms with Gasteiger partial charge >= 0.3 is 0 Å². The van der Waals surface area contributed by atoms with Gasteiger partial charge in [-0.25, -0.2) is 4.39 Å². The summed E-state index contributed by atoms with van der Waals surface area (Å²) >= 11 is 0. The van der Waals surface area contributed by atoms with Gasteiger partial charge in [0, 0.05) is 46.1 Å². The molecule has 1 amide bonds. The molecule has 1 unspecified atom stereocenters. The third-order valence-electron chi connectivity index (χ3n) is 4.84. The van der Waals surface area contributed by atoms with E-state index in [1.165, 1.54) is 5.57 Å². The van der Waals surface area contributed by atoms with E-state index in [2.05, 4.69) is 16.3 Å². The van der Waals surface area contributed by atoms with Gasteiger partial charge in [0.15, 0.2) is 0 Å². The molecule has 0 spiro atoms. The summed E-state index contributed by atoms with van der Waals surface area (Å²) in [5, 5.41) is 3.53. The Bertz CT molecular complexity index is 621. The van der Waals surface area contributed by atoms with Gasteiger partial charge < -0.3 is 4.90 Å². The molecule has 3 rings (SSSR count). The molecular formula is C18H24FN3O. The maximum atomic E-state index is 13.5. The fourth-order valence-corrected chi connectivity index (χ4v) is 3.37. The highest BCUT2D eigenvalue weighted by Crippen LogP contribution is 2.26.